The second kappa shape index (κ2) is 8.84. The smallest absolute Gasteiger partial charge is 0.224 e. The monoisotopic (exact) mass is 395 g/mol. The van der Waals surface area contributed by atoms with Gasteiger partial charge in [0, 0.05) is 18.8 Å². The first kappa shape index (κ1) is 19.7. The molecule has 0 saturated carbocycles. The van der Waals surface area contributed by atoms with Gasteiger partial charge in [-0.15, -0.1) is 0 Å². The van der Waals surface area contributed by atoms with E-state index in [1.165, 1.54) is 11.1 Å². The number of benzene rings is 3. The largest absolute Gasteiger partial charge is 0.365 e. The van der Waals surface area contributed by atoms with Crippen LogP contribution in [0.15, 0.2) is 72.8 Å². The maximum Gasteiger partial charge on any atom is 0.224 e. The molecule has 3 aromatic carbocycles. The molecule has 1 N–H and O–H groups in total. The van der Waals surface area contributed by atoms with E-state index in [0.717, 1.165) is 36.3 Å². The number of nitrogens with zero attached hydrogens (tertiary/aromatic N) is 2. The SMILES string of the molecule is Cc1cccc(CN2CC(NC(=O)Cc3ccccc3)Cc3cc(C#N)ccc32)c1. The molecular formula is C26H25N3O. The molecule has 3 aromatic rings. The molecule has 30 heavy (non-hydrogen) atoms. The summed E-state index contributed by atoms with van der Waals surface area (Å²) < 4.78 is 0. The second-order valence-electron chi connectivity index (χ2n) is 7.96. The molecule has 0 aromatic heterocycles. The molecule has 1 amide bonds. The Kier molecular flexibility index (Phi) is 5.81. The van der Waals surface area contributed by atoms with Crippen LogP contribution in [0.4, 0.5) is 5.69 Å². The average molecular weight is 396 g/mol. The van der Waals surface area contributed by atoms with E-state index in [1.807, 2.05) is 48.5 Å². The van der Waals surface area contributed by atoms with Crippen LogP contribution in [0.3, 0.4) is 0 Å². The van der Waals surface area contributed by atoms with Crippen molar-refractivity contribution in [2.75, 3.05) is 11.4 Å². The van der Waals surface area contributed by atoms with E-state index >= 15 is 0 Å². The lowest BCUT2D eigenvalue weighted by atomic mass is 9.95. The maximum atomic E-state index is 12.6. The van der Waals surface area contributed by atoms with E-state index in [4.69, 9.17) is 0 Å². The van der Waals surface area contributed by atoms with Gasteiger partial charge >= 0.3 is 0 Å². The molecule has 4 rings (SSSR count). The van der Waals surface area contributed by atoms with Gasteiger partial charge in [0.25, 0.3) is 0 Å². The van der Waals surface area contributed by atoms with Crippen LogP contribution in [0, 0.1) is 18.3 Å². The maximum absolute atomic E-state index is 12.6. The summed E-state index contributed by atoms with van der Waals surface area (Å²) in [6.45, 7) is 3.61. The number of amides is 1. The van der Waals surface area contributed by atoms with Gasteiger partial charge in [-0.2, -0.15) is 5.26 Å². The third-order valence-electron chi connectivity index (χ3n) is 5.48. The molecule has 1 aliphatic rings. The molecule has 0 radical (unpaired) electrons. The molecule has 150 valence electrons. The Morgan fingerprint density at radius 3 is 2.63 bits per heavy atom. The highest BCUT2D eigenvalue weighted by Crippen LogP contribution is 2.29. The molecule has 1 aliphatic heterocycles. The molecule has 1 unspecified atom stereocenters. The number of fused-ring (bicyclic) bond motifs is 1. The van der Waals surface area contributed by atoms with Gasteiger partial charge in [-0.25, -0.2) is 0 Å². The van der Waals surface area contributed by atoms with Crippen molar-refractivity contribution in [1.29, 1.82) is 5.26 Å². The number of aryl methyl sites for hydroxylation is 1. The lowest BCUT2D eigenvalue weighted by molar-refractivity contribution is -0.121. The summed E-state index contributed by atoms with van der Waals surface area (Å²) in [5.41, 5.74) is 6.39. The normalized spacial score (nSPS) is 15.2. The summed E-state index contributed by atoms with van der Waals surface area (Å²) >= 11 is 0. The van der Waals surface area contributed by atoms with Gasteiger partial charge in [0.15, 0.2) is 0 Å². The zero-order chi connectivity index (χ0) is 20.9. The summed E-state index contributed by atoms with van der Waals surface area (Å²) in [4.78, 5) is 15.0. The highest BCUT2D eigenvalue weighted by molar-refractivity contribution is 5.79. The van der Waals surface area contributed by atoms with E-state index < -0.39 is 0 Å². The van der Waals surface area contributed by atoms with Crippen LogP contribution in [-0.4, -0.2) is 18.5 Å². The lowest BCUT2D eigenvalue weighted by Crippen LogP contribution is -2.48. The van der Waals surface area contributed by atoms with Crippen molar-refractivity contribution in [2.24, 2.45) is 0 Å². The van der Waals surface area contributed by atoms with E-state index in [0.29, 0.717) is 12.0 Å². The zero-order valence-electron chi connectivity index (χ0n) is 17.1. The number of carbonyl (C=O) groups is 1. The van der Waals surface area contributed by atoms with Crippen LogP contribution in [0.5, 0.6) is 0 Å². The fourth-order valence-corrected chi connectivity index (χ4v) is 4.16. The Labute approximate surface area is 177 Å². The molecule has 1 atom stereocenters. The van der Waals surface area contributed by atoms with Crippen molar-refractivity contribution in [3.8, 4) is 6.07 Å². The van der Waals surface area contributed by atoms with Gasteiger partial charge in [-0.3, -0.25) is 4.79 Å². The number of rotatable bonds is 5. The number of carbonyl (C=O) groups excluding carboxylic acids is 1. The summed E-state index contributed by atoms with van der Waals surface area (Å²) in [5, 5.41) is 12.5. The van der Waals surface area contributed by atoms with E-state index in [1.54, 1.807) is 0 Å². The van der Waals surface area contributed by atoms with Crippen LogP contribution in [0.1, 0.15) is 27.8 Å². The van der Waals surface area contributed by atoms with Crippen molar-refractivity contribution in [2.45, 2.75) is 32.4 Å². The number of anilines is 1. The Bertz CT molecular complexity index is 1080. The molecule has 4 nitrogen and oxygen atoms in total. The number of hydrogen-bond acceptors (Lipinski definition) is 3. The minimum Gasteiger partial charge on any atom is -0.365 e. The standard InChI is InChI=1S/C26H25N3O/c1-19-6-5-9-22(12-19)17-29-18-24(15-23-13-21(16-27)10-11-25(23)29)28-26(30)14-20-7-3-2-4-8-20/h2-13,24H,14-15,17-18H2,1H3,(H,28,30). The first-order valence-electron chi connectivity index (χ1n) is 10.3. The van der Waals surface area contributed by atoms with Crippen molar-refractivity contribution < 1.29 is 4.79 Å². The minimum atomic E-state index is 0.00691. The molecular weight excluding hydrogens is 370 g/mol. The third kappa shape index (κ3) is 4.69. The Morgan fingerprint density at radius 2 is 1.87 bits per heavy atom. The first-order valence-corrected chi connectivity index (χ1v) is 10.3. The van der Waals surface area contributed by atoms with Gasteiger partial charge in [0.2, 0.25) is 5.91 Å². The Hall–Kier alpha value is -3.58. The van der Waals surface area contributed by atoms with Crippen LogP contribution < -0.4 is 10.2 Å². The van der Waals surface area contributed by atoms with Gasteiger partial charge < -0.3 is 10.2 Å². The number of hydrogen-bond donors (Lipinski definition) is 1. The Morgan fingerprint density at radius 1 is 1.07 bits per heavy atom. The molecule has 0 bridgehead atoms. The van der Waals surface area contributed by atoms with E-state index in [9.17, 15) is 10.1 Å². The van der Waals surface area contributed by atoms with Crippen LogP contribution >= 0.6 is 0 Å². The highest BCUT2D eigenvalue weighted by Gasteiger charge is 2.26. The molecule has 4 heteroatoms. The second-order valence-corrected chi connectivity index (χ2v) is 7.96. The van der Waals surface area contributed by atoms with E-state index in [2.05, 4.69) is 47.5 Å². The van der Waals surface area contributed by atoms with Crippen molar-refractivity contribution in [1.82, 2.24) is 5.32 Å². The molecule has 0 spiro atoms. The van der Waals surface area contributed by atoms with Gasteiger partial charge in [-0.1, -0.05) is 60.2 Å². The minimum absolute atomic E-state index is 0.00691. The highest BCUT2D eigenvalue weighted by atomic mass is 16.1. The Balaban J connectivity index is 1.54. The van der Waals surface area contributed by atoms with Crippen LogP contribution in [-0.2, 0) is 24.2 Å². The summed E-state index contributed by atoms with van der Waals surface area (Å²) in [6, 6.07) is 26.4. The van der Waals surface area contributed by atoms with Crippen molar-refractivity contribution >= 4 is 11.6 Å². The predicted octanol–water partition coefficient (Wildman–Crippen LogP) is 4.16. The topological polar surface area (TPSA) is 56.1 Å². The third-order valence-corrected chi connectivity index (χ3v) is 5.48. The number of nitriles is 1. The fraction of sp³-hybridized carbons (Fsp3) is 0.231. The lowest BCUT2D eigenvalue weighted by Gasteiger charge is -2.36. The van der Waals surface area contributed by atoms with Crippen molar-refractivity contribution in [3.63, 3.8) is 0 Å². The summed E-state index contributed by atoms with van der Waals surface area (Å²) in [7, 11) is 0. The quantitative estimate of drug-likeness (QED) is 0.706. The summed E-state index contributed by atoms with van der Waals surface area (Å²) in [5.74, 6) is 0.0293. The van der Waals surface area contributed by atoms with Gasteiger partial charge in [0.1, 0.15) is 0 Å². The zero-order valence-corrected chi connectivity index (χ0v) is 17.1. The molecule has 0 aliphatic carbocycles. The fourth-order valence-electron chi connectivity index (χ4n) is 4.16. The van der Waals surface area contributed by atoms with Crippen LogP contribution in [0.2, 0.25) is 0 Å². The molecule has 1 heterocycles. The predicted molar refractivity (Wildman–Crippen MR) is 119 cm³/mol. The molecule has 0 fully saturated rings. The average Bonchev–Trinajstić information content (AvgIpc) is 2.74. The number of nitrogens with one attached hydrogen (secondary N) is 1. The van der Waals surface area contributed by atoms with Crippen molar-refractivity contribution in [3.05, 3.63) is 101 Å². The molecule has 0 saturated heterocycles. The van der Waals surface area contributed by atoms with Gasteiger partial charge in [-0.05, 0) is 48.2 Å². The van der Waals surface area contributed by atoms with Crippen LogP contribution in [0.25, 0.3) is 0 Å². The van der Waals surface area contributed by atoms with E-state index in [-0.39, 0.29) is 11.9 Å². The van der Waals surface area contributed by atoms with Gasteiger partial charge in [0.05, 0.1) is 24.1 Å². The first-order chi connectivity index (χ1) is 14.6. The summed E-state index contributed by atoms with van der Waals surface area (Å²) in [6.07, 6.45) is 1.11.